The average molecular weight is 605 g/mol. The van der Waals surface area contributed by atoms with Crippen molar-refractivity contribution in [3.8, 4) is 11.8 Å². The summed E-state index contributed by atoms with van der Waals surface area (Å²) in [5.74, 6) is 6.71. The number of esters is 1. The first-order chi connectivity index (χ1) is 20.4. The summed E-state index contributed by atoms with van der Waals surface area (Å²) < 4.78 is 20.4. The zero-order valence-corrected chi connectivity index (χ0v) is 25.2. The minimum absolute atomic E-state index is 0.113. The molecule has 1 amide bonds. The zero-order chi connectivity index (χ0) is 29.1. The number of hydrogen-bond donors (Lipinski definition) is 1. The van der Waals surface area contributed by atoms with Crippen molar-refractivity contribution >= 4 is 50.0 Å². The molecular formula is C31H32N4O5S2. The molecule has 42 heavy (non-hydrogen) atoms. The monoisotopic (exact) mass is 604 g/mol. The molecule has 9 nitrogen and oxygen atoms in total. The molecule has 6 rings (SSSR count). The molecule has 1 saturated heterocycles. The summed E-state index contributed by atoms with van der Waals surface area (Å²) in [6, 6.07) is 13.7. The molecule has 1 saturated carbocycles. The van der Waals surface area contributed by atoms with Gasteiger partial charge in [-0.3, -0.25) is 19.7 Å². The van der Waals surface area contributed by atoms with E-state index in [1.165, 1.54) is 0 Å². The predicted octanol–water partition coefficient (Wildman–Crippen LogP) is 5.31. The number of rotatable bonds is 8. The maximum atomic E-state index is 13.0. The van der Waals surface area contributed by atoms with Crippen molar-refractivity contribution in [3.63, 3.8) is 0 Å². The van der Waals surface area contributed by atoms with Crippen molar-refractivity contribution in [1.29, 1.82) is 0 Å². The number of fused-ring (bicyclic) bond motifs is 1. The van der Waals surface area contributed by atoms with Gasteiger partial charge in [-0.15, -0.1) is 22.7 Å². The highest BCUT2D eigenvalue weighted by atomic mass is 32.1. The van der Waals surface area contributed by atoms with Gasteiger partial charge in [-0.05, 0) is 37.5 Å². The molecule has 1 N–H and O–H groups in total. The first kappa shape index (κ1) is 28.4. The van der Waals surface area contributed by atoms with Crippen LogP contribution in [0.25, 0.3) is 9.40 Å². The van der Waals surface area contributed by atoms with Gasteiger partial charge >= 0.3 is 12.1 Å². The second-order valence-electron chi connectivity index (χ2n) is 10.5. The fourth-order valence-electron chi connectivity index (χ4n) is 4.92. The van der Waals surface area contributed by atoms with E-state index >= 15 is 0 Å². The van der Waals surface area contributed by atoms with Crippen LogP contribution in [0.4, 0.5) is 10.6 Å². The Hall–Kier alpha value is -3.69. The van der Waals surface area contributed by atoms with Crippen LogP contribution in [-0.4, -0.2) is 66.2 Å². The number of aromatic nitrogens is 2. The van der Waals surface area contributed by atoms with E-state index in [-0.39, 0.29) is 5.97 Å². The van der Waals surface area contributed by atoms with Gasteiger partial charge in [-0.2, -0.15) is 5.10 Å². The molecule has 11 heteroatoms. The maximum absolute atomic E-state index is 13.0. The van der Waals surface area contributed by atoms with Gasteiger partial charge in [0, 0.05) is 41.0 Å². The van der Waals surface area contributed by atoms with E-state index in [9.17, 15) is 9.59 Å². The fourth-order valence-corrected chi connectivity index (χ4v) is 7.41. The summed E-state index contributed by atoms with van der Waals surface area (Å²) >= 11 is 3.23. The molecule has 0 bridgehead atoms. The van der Waals surface area contributed by atoms with E-state index in [1.807, 2.05) is 37.3 Å². The number of nitrogens with zero attached hydrogens (tertiary/aromatic N) is 3. The van der Waals surface area contributed by atoms with E-state index in [1.54, 1.807) is 40.6 Å². The van der Waals surface area contributed by atoms with Crippen LogP contribution in [-0.2, 0) is 31.5 Å². The minimum atomic E-state index is -0.573. The Labute approximate surface area is 252 Å². The summed E-state index contributed by atoms with van der Waals surface area (Å²) in [5.41, 5.74) is 1.01. The first-order valence-electron chi connectivity index (χ1n) is 14.0. The molecule has 2 fully saturated rings. The Morgan fingerprint density at radius 3 is 2.62 bits per heavy atom. The molecule has 1 unspecified atom stereocenters. The number of anilines is 1. The Morgan fingerprint density at radius 2 is 1.88 bits per heavy atom. The molecule has 4 aromatic rings. The third-order valence-electron chi connectivity index (χ3n) is 7.60. The quantitative estimate of drug-likeness (QED) is 0.215. The molecule has 1 aromatic carbocycles. The number of carbonyl (C=O) groups excluding carboxylic acids is 2. The molecule has 0 spiro atoms. The van der Waals surface area contributed by atoms with Crippen LogP contribution in [0.15, 0.2) is 48.7 Å². The minimum Gasteiger partial charge on any atom is -0.464 e. The van der Waals surface area contributed by atoms with Crippen LogP contribution in [0.3, 0.4) is 0 Å². The van der Waals surface area contributed by atoms with E-state index in [0.717, 1.165) is 70.4 Å². The summed E-state index contributed by atoms with van der Waals surface area (Å²) in [7, 11) is 1.74. The van der Waals surface area contributed by atoms with Gasteiger partial charge in [-0.1, -0.05) is 42.2 Å². The average Bonchev–Trinajstić information content (AvgIpc) is 3.42. The van der Waals surface area contributed by atoms with E-state index in [0.29, 0.717) is 18.0 Å². The Morgan fingerprint density at radius 1 is 1.12 bits per heavy atom. The fraction of sp³-hybridized carbons (Fsp3) is 0.387. The molecule has 0 radical (unpaired) electrons. The highest BCUT2D eigenvalue weighted by Gasteiger charge is 2.54. The summed E-state index contributed by atoms with van der Waals surface area (Å²) in [6.45, 7) is 6.22. The summed E-state index contributed by atoms with van der Waals surface area (Å²) in [6.07, 6.45) is 2.31. The van der Waals surface area contributed by atoms with Crippen molar-refractivity contribution in [2.24, 2.45) is 7.05 Å². The number of thiophene rings is 2. The van der Waals surface area contributed by atoms with Crippen LogP contribution < -0.4 is 5.32 Å². The van der Waals surface area contributed by atoms with Gasteiger partial charge in [0.15, 0.2) is 0 Å². The third kappa shape index (κ3) is 6.22. The smallest absolute Gasteiger partial charge is 0.413 e. The first-order valence-corrected chi connectivity index (χ1v) is 15.6. The normalized spacial score (nSPS) is 16.8. The molecule has 1 aliphatic carbocycles. The van der Waals surface area contributed by atoms with Crippen molar-refractivity contribution in [2.75, 3.05) is 44.8 Å². The molecule has 218 valence electrons. The number of nitrogens with one attached hydrogen (secondary N) is 1. The number of hydrogen-bond acceptors (Lipinski definition) is 9. The Kier molecular flexibility index (Phi) is 8.31. The topological polar surface area (TPSA) is 94.9 Å². The molecule has 4 heterocycles. The molecule has 2 aliphatic rings. The highest BCUT2D eigenvalue weighted by Crippen LogP contribution is 2.53. The lowest BCUT2D eigenvalue weighted by atomic mass is 10.1. The third-order valence-corrected chi connectivity index (χ3v) is 10.0. The summed E-state index contributed by atoms with van der Waals surface area (Å²) in [4.78, 5) is 29.8. The van der Waals surface area contributed by atoms with Gasteiger partial charge in [0.05, 0.1) is 29.9 Å². The number of benzene rings is 1. The van der Waals surface area contributed by atoms with Gasteiger partial charge in [-0.25, -0.2) is 4.79 Å². The lowest BCUT2D eigenvalue weighted by molar-refractivity contribution is -0.147. The molecule has 3 aromatic heterocycles. The van der Waals surface area contributed by atoms with E-state index in [2.05, 4.69) is 39.3 Å². The summed E-state index contributed by atoms with van der Waals surface area (Å²) in [5, 5.41) is 7.04. The lowest BCUT2D eigenvalue weighted by Crippen LogP contribution is -2.39. The van der Waals surface area contributed by atoms with Gasteiger partial charge in [0.25, 0.3) is 0 Å². The Balaban J connectivity index is 1.08. The van der Waals surface area contributed by atoms with Crippen LogP contribution in [0.1, 0.15) is 46.8 Å². The maximum Gasteiger partial charge on any atom is 0.413 e. The number of aryl methyl sites for hydroxylation is 1. The van der Waals surface area contributed by atoms with Crippen molar-refractivity contribution in [1.82, 2.24) is 14.7 Å². The molecule has 1 aliphatic heterocycles. The SMILES string of the molecule is CC(OC(=O)Nc1c(C#Cc2cc3sc(C4(C(=O)OCCN5CCOCC5)CC4)cc3s2)cnn1C)c1ccccc1. The van der Waals surface area contributed by atoms with Gasteiger partial charge in [0.1, 0.15) is 23.9 Å². The number of ether oxygens (including phenoxy) is 3. The number of morpholine rings is 1. The van der Waals surface area contributed by atoms with E-state index in [4.69, 9.17) is 14.2 Å². The van der Waals surface area contributed by atoms with Crippen LogP contribution in [0, 0.1) is 11.8 Å². The number of carbonyl (C=O) groups is 2. The molecular weight excluding hydrogens is 572 g/mol. The lowest BCUT2D eigenvalue weighted by Gasteiger charge is -2.26. The number of amides is 1. The second-order valence-corrected chi connectivity index (χ2v) is 12.7. The predicted molar refractivity (Wildman–Crippen MR) is 163 cm³/mol. The van der Waals surface area contributed by atoms with Crippen LogP contribution >= 0.6 is 22.7 Å². The highest BCUT2D eigenvalue weighted by molar-refractivity contribution is 7.28. The van der Waals surface area contributed by atoms with Crippen LogP contribution in [0.5, 0.6) is 0 Å². The van der Waals surface area contributed by atoms with Gasteiger partial charge in [0.2, 0.25) is 0 Å². The van der Waals surface area contributed by atoms with Gasteiger partial charge < -0.3 is 14.2 Å². The second kappa shape index (κ2) is 12.3. The largest absolute Gasteiger partial charge is 0.464 e. The molecule has 1 atom stereocenters. The zero-order valence-electron chi connectivity index (χ0n) is 23.6. The van der Waals surface area contributed by atoms with Crippen molar-refractivity contribution in [3.05, 3.63) is 69.5 Å². The van der Waals surface area contributed by atoms with E-state index < -0.39 is 17.6 Å². The van der Waals surface area contributed by atoms with Crippen molar-refractivity contribution in [2.45, 2.75) is 31.3 Å². The standard InChI is InChI=1S/C31H32N4O5S2/c1-21(22-6-4-3-5-7-22)40-30(37)33-28-23(20-32-34(28)2)8-9-24-18-25-26(41-24)19-27(42-25)31(10-11-31)29(36)39-17-14-35-12-15-38-16-13-35/h3-7,18-21H,10-17H2,1-2H3,(H,33,37). The van der Waals surface area contributed by atoms with Crippen LogP contribution in [0.2, 0.25) is 0 Å². The van der Waals surface area contributed by atoms with Crippen molar-refractivity contribution < 1.29 is 23.8 Å². The Bertz CT molecular complexity index is 1610.